The molecule has 0 aliphatic rings. The van der Waals surface area contributed by atoms with Crippen molar-refractivity contribution in [3.63, 3.8) is 0 Å². The van der Waals surface area contributed by atoms with Gasteiger partial charge in [-0.1, -0.05) is 35.9 Å². The molecule has 5 nitrogen and oxygen atoms in total. The topological polar surface area (TPSA) is 72.8 Å². The van der Waals surface area contributed by atoms with Gasteiger partial charge in [-0.15, -0.1) is 0 Å². The van der Waals surface area contributed by atoms with Crippen LogP contribution in [-0.2, 0) is 0 Å². The first-order valence-electron chi connectivity index (χ1n) is 9.00. The summed E-state index contributed by atoms with van der Waals surface area (Å²) in [5.74, 6) is 0.0192. The number of ketones is 1. The van der Waals surface area contributed by atoms with Crippen LogP contribution in [0.4, 0.5) is 0 Å². The number of carboxylic acids is 1. The molecule has 0 atom stereocenters. The van der Waals surface area contributed by atoms with E-state index in [2.05, 4.69) is 0 Å². The quantitative estimate of drug-likeness (QED) is 0.395. The zero-order valence-corrected chi connectivity index (χ0v) is 17.1. The molecule has 0 aliphatic carbocycles. The second-order valence-electron chi connectivity index (χ2n) is 6.38. The molecule has 30 heavy (non-hydrogen) atoms. The van der Waals surface area contributed by atoms with E-state index in [1.54, 1.807) is 68.8 Å². The maximum Gasteiger partial charge on any atom is 0.336 e. The Labute approximate surface area is 179 Å². The van der Waals surface area contributed by atoms with E-state index >= 15 is 0 Å². The van der Waals surface area contributed by atoms with Gasteiger partial charge in [0.25, 0.3) is 0 Å². The number of benzene rings is 3. The fourth-order valence-electron chi connectivity index (χ4n) is 2.97. The highest BCUT2D eigenvalue weighted by atomic mass is 35.5. The number of carboxylic acid groups (broad SMARTS) is 1. The van der Waals surface area contributed by atoms with Crippen molar-refractivity contribution < 1.29 is 24.2 Å². The van der Waals surface area contributed by atoms with E-state index < -0.39 is 5.97 Å². The van der Waals surface area contributed by atoms with Gasteiger partial charge in [0.2, 0.25) is 0 Å². The van der Waals surface area contributed by atoms with Gasteiger partial charge in [0.05, 0.1) is 19.8 Å². The van der Waals surface area contributed by atoms with Gasteiger partial charge in [-0.25, -0.2) is 4.79 Å². The highest BCUT2D eigenvalue weighted by molar-refractivity contribution is 6.31. The molecule has 0 aromatic heterocycles. The number of hydrogen-bond donors (Lipinski definition) is 1. The van der Waals surface area contributed by atoms with Crippen LogP contribution in [0.3, 0.4) is 0 Å². The van der Waals surface area contributed by atoms with Crippen molar-refractivity contribution in [3.8, 4) is 22.6 Å². The Morgan fingerprint density at radius 2 is 1.67 bits per heavy atom. The van der Waals surface area contributed by atoms with E-state index in [0.717, 1.165) is 5.56 Å². The van der Waals surface area contributed by atoms with Gasteiger partial charge in [0.15, 0.2) is 5.78 Å². The van der Waals surface area contributed by atoms with Gasteiger partial charge >= 0.3 is 5.97 Å². The molecule has 6 heteroatoms. The van der Waals surface area contributed by atoms with Gasteiger partial charge < -0.3 is 14.6 Å². The first-order valence-corrected chi connectivity index (χ1v) is 9.38. The number of aromatic carboxylic acids is 1. The van der Waals surface area contributed by atoms with Gasteiger partial charge in [-0.3, -0.25) is 4.79 Å². The van der Waals surface area contributed by atoms with E-state index in [9.17, 15) is 14.7 Å². The number of ether oxygens (including phenoxy) is 2. The van der Waals surface area contributed by atoms with E-state index in [4.69, 9.17) is 21.1 Å². The number of methoxy groups -OCH3 is 2. The zero-order chi connectivity index (χ0) is 21.7. The molecule has 152 valence electrons. The van der Waals surface area contributed by atoms with Crippen LogP contribution in [-0.4, -0.2) is 31.1 Å². The minimum atomic E-state index is -1.04. The van der Waals surface area contributed by atoms with Crippen molar-refractivity contribution in [2.75, 3.05) is 14.2 Å². The third-order valence-corrected chi connectivity index (χ3v) is 4.78. The average molecular weight is 423 g/mol. The molecule has 0 radical (unpaired) electrons. The molecule has 3 rings (SSSR count). The van der Waals surface area contributed by atoms with Crippen LogP contribution in [0.25, 0.3) is 17.2 Å². The summed E-state index contributed by atoms with van der Waals surface area (Å²) < 4.78 is 10.5. The SMILES string of the molecule is COc1ccc(/C=C/C(=O)c2ccc(-c3cc(Cl)ccc3C(=O)O)cc2)c(OC)c1. The van der Waals surface area contributed by atoms with Gasteiger partial charge in [-0.2, -0.15) is 0 Å². The summed E-state index contributed by atoms with van der Waals surface area (Å²) in [7, 11) is 3.12. The molecule has 3 aromatic carbocycles. The fraction of sp³-hybridized carbons (Fsp3) is 0.0833. The molecule has 0 saturated heterocycles. The smallest absolute Gasteiger partial charge is 0.336 e. The third kappa shape index (κ3) is 4.70. The number of rotatable bonds is 7. The summed E-state index contributed by atoms with van der Waals surface area (Å²) in [6.45, 7) is 0. The third-order valence-electron chi connectivity index (χ3n) is 4.55. The highest BCUT2D eigenvalue weighted by Gasteiger charge is 2.13. The normalized spacial score (nSPS) is 10.8. The zero-order valence-electron chi connectivity index (χ0n) is 16.4. The molecular formula is C24H19ClO5. The molecule has 0 bridgehead atoms. The number of carbonyl (C=O) groups is 2. The number of hydrogen-bond acceptors (Lipinski definition) is 4. The summed E-state index contributed by atoms with van der Waals surface area (Å²) in [6.07, 6.45) is 3.13. The van der Waals surface area contributed by atoms with E-state index in [0.29, 0.717) is 33.2 Å². The Kier molecular flexibility index (Phi) is 6.54. The lowest BCUT2D eigenvalue weighted by molar-refractivity contribution is 0.0697. The molecule has 0 heterocycles. The second kappa shape index (κ2) is 9.29. The van der Waals surface area contributed by atoms with E-state index in [1.807, 2.05) is 0 Å². The van der Waals surface area contributed by atoms with Crippen LogP contribution >= 0.6 is 11.6 Å². The van der Waals surface area contributed by atoms with Crippen molar-refractivity contribution >= 4 is 29.4 Å². The Balaban J connectivity index is 1.84. The number of carbonyl (C=O) groups excluding carboxylic acids is 1. The maximum atomic E-state index is 12.6. The highest BCUT2D eigenvalue weighted by Crippen LogP contribution is 2.28. The Morgan fingerprint density at radius 3 is 2.30 bits per heavy atom. The van der Waals surface area contributed by atoms with Crippen LogP contribution in [0.1, 0.15) is 26.3 Å². The lowest BCUT2D eigenvalue weighted by atomic mass is 9.98. The number of allylic oxidation sites excluding steroid dienone is 1. The molecule has 0 spiro atoms. The molecule has 0 fully saturated rings. The minimum Gasteiger partial charge on any atom is -0.497 e. The summed E-state index contributed by atoms with van der Waals surface area (Å²) in [5.41, 5.74) is 2.51. The van der Waals surface area contributed by atoms with Crippen LogP contribution in [0.15, 0.2) is 66.7 Å². The predicted octanol–water partition coefficient (Wildman–Crippen LogP) is 5.62. The average Bonchev–Trinajstić information content (AvgIpc) is 2.77. The second-order valence-corrected chi connectivity index (χ2v) is 6.81. The summed E-state index contributed by atoms with van der Waals surface area (Å²) >= 11 is 6.02. The van der Waals surface area contributed by atoms with Gasteiger partial charge in [-0.05, 0) is 53.6 Å². The molecular weight excluding hydrogens is 404 g/mol. The molecule has 0 aliphatic heterocycles. The predicted molar refractivity (Wildman–Crippen MR) is 117 cm³/mol. The van der Waals surface area contributed by atoms with E-state index in [1.165, 1.54) is 18.2 Å². The van der Waals surface area contributed by atoms with Crippen LogP contribution < -0.4 is 9.47 Å². The lowest BCUT2D eigenvalue weighted by Crippen LogP contribution is -2.00. The van der Waals surface area contributed by atoms with Gasteiger partial charge in [0.1, 0.15) is 11.5 Å². The minimum absolute atomic E-state index is 0.143. The lowest BCUT2D eigenvalue weighted by Gasteiger charge is -2.08. The van der Waals surface area contributed by atoms with Crippen molar-refractivity contribution in [2.24, 2.45) is 0 Å². The van der Waals surface area contributed by atoms with Crippen LogP contribution in [0, 0.1) is 0 Å². The Morgan fingerprint density at radius 1 is 0.933 bits per heavy atom. The maximum absolute atomic E-state index is 12.6. The summed E-state index contributed by atoms with van der Waals surface area (Å²) in [4.78, 5) is 24.0. The fourth-order valence-corrected chi connectivity index (χ4v) is 3.15. The first-order chi connectivity index (χ1) is 14.4. The first kappa shape index (κ1) is 21.1. The molecule has 3 aromatic rings. The molecule has 0 saturated carbocycles. The molecule has 0 unspecified atom stereocenters. The van der Waals surface area contributed by atoms with Crippen LogP contribution in [0.5, 0.6) is 11.5 Å². The Bertz CT molecular complexity index is 1120. The van der Waals surface area contributed by atoms with Crippen LogP contribution in [0.2, 0.25) is 5.02 Å². The summed E-state index contributed by atoms with van der Waals surface area (Å²) in [6, 6.07) is 16.6. The Hall–Kier alpha value is -3.57. The van der Waals surface area contributed by atoms with Crippen molar-refractivity contribution in [3.05, 3.63) is 88.5 Å². The largest absolute Gasteiger partial charge is 0.497 e. The summed E-state index contributed by atoms with van der Waals surface area (Å²) in [5, 5.41) is 9.83. The van der Waals surface area contributed by atoms with E-state index in [-0.39, 0.29) is 11.3 Å². The molecule has 1 N–H and O–H groups in total. The monoisotopic (exact) mass is 422 g/mol. The number of halogens is 1. The van der Waals surface area contributed by atoms with Crippen molar-refractivity contribution in [1.82, 2.24) is 0 Å². The van der Waals surface area contributed by atoms with Crippen molar-refractivity contribution in [2.45, 2.75) is 0 Å². The molecule has 0 amide bonds. The van der Waals surface area contributed by atoms with Gasteiger partial charge in [0, 0.05) is 22.2 Å². The van der Waals surface area contributed by atoms with Crippen molar-refractivity contribution in [1.29, 1.82) is 0 Å². The standard InChI is InChI=1S/C24H19ClO5/c1-29-19-10-7-17(23(14-19)30-2)8-12-22(26)16-5-3-15(4-6-16)21-13-18(25)9-11-20(21)24(27)28/h3-14H,1-2H3,(H,27,28)/b12-8+.